The predicted octanol–water partition coefficient (Wildman–Crippen LogP) is 1.40. The van der Waals surface area contributed by atoms with Gasteiger partial charge < -0.3 is 10.3 Å². The zero-order valence-electron chi connectivity index (χ0n) is 12.5. The average Bonchev–Trinajstić information content (AvgIpc) is 2.68. The number of sulfonamides is 1. The molecule has 114 valence electrons. The highest BCUT2D eigenvalue weighted by Crippen LogP contribution is 2.39. The van der Waals surface area contributed by atoms with Crippen molar-refractivity contribution in [1.82, 2.24) is 9.29 Å². The first kappa shape index (κ1) is 15.5. The first-order chi connectivity index (χ1) is 9.24. The molecule has 0 aliphatic heterocycles. The Hall–Kier alpha value is -0.850. The molecular formula is C14H25N3O2S. The Labute approximate surface area is 121 Å². The largest absolute Gasteiger partial charge is 0.350 e. The van der Waals surface area contributed by atoms with Crippen molar-refractivity contribution in [3.05, 3.63) is 23.5 Å². The second kappa shape index (κ2) is 5.50. The van der Waals surface area contributed by atoms with Gasteiger partial charge in [-0.1, -0.05) is 20.8 Å². The molecule has 0 aromatic carbocycles. The minimum atomic E-state index is -3.18. The maximum atomic E-state index is 11.7. The van der Waals surface area contributed by atoms with Crippen molar-refractivity contribution in [2.45, 2.75) is 46.2 Å². The molecule has 0 saturated carbocycles. The quantitative estimate of drug-likeness (QED) is 0.863. The molecule has 1 atom stereocenters. The van der Waals surface area contributed by atoms with Crippen LogP contribution < -0.4 is 10.5 Å². The SMILES string of the molecule is CCNS(=O)(=O)CCn1ccc2c1CC(C)(C)CC2N. The van der Waals surface area contributed by atoms with E-state index < -0.39 is 10.0 Å². The summed E-state index contributed by atoms with van der Waals surface area (Å²) in [4.78, 5) is 0. The van der Waals surface area contributed by atoms with E-state index in [0.717, 1.165) is 12.8 Å². The molecule has 0 fully saturated rings. The number of aryl methyl sites for hydroxylation is 1. The van der Waals surface area contributed by atoms with Gasteiger partial charge in [0.1, 0.15) is 0 Å². The lowest BCUT2D eigenvalue weighted by Gasteiger charge is -2.34. The van der Waals surface area contributed by atoms with Crippen LogP contribution in [0.15, 0.2) is 12.3 Å². The fraction of sp³-hybridized carbons (Fsp3) is 0.714. The molecule has 1 aromatic rings. The first-order valence-corrected chi connectivity index (χ1v) is 8.80. The van der Waals surface area contributed by atoms with Crippen LogP contribution in [0.2, 0.25) is 0 Å². The molecule has 1 unspecified atom stereocenters. The van der Waals surface area contributed by atoms with Gasteiger partial charge in [0.2, 0.25) is 10.0 Å². The summed E-state index contributed by atoms with van der Waals surface area (Å²) in [5, 5.41) is 0. The van der Waals surface area contributed by atoms with Gasteiger partial charge in [-0.3, -0.25) is 0 Å². The average molecular weight is 299 g/mol. The molecule has 2 rings (SSSR count). The molecule has 1 aromatic heterocycles. The smallest absolute Gasteiger partial charge is 0.213 e. The van der Waals surface area contributed by atoms with E-state index in [1.807, 2.05) is 16.8 Å². The lowest BCUT2D eigenvalue weighted by Crippen LogP contribution is -2.32. The zero-order valence-corrected chi connectivity index (χ0v) is 13.3. The third kappa shape index (κ3) is 3.42. The van der Waals surface area contributed by atoms with Crippen molar-refractivity contribution in [3.8, 4) is 0 Å². The molecule has 0 bridgehead atoms. The van der Waals surface area contributed by atoms with E-state index in [1.165, 1.54) is 11.3 Å². The van der Waals surface area contributed by atoms with Gasteiger partial charge in [-0.05, 0) is 29.9 Å². The summed E-state index contributed by atoms with van der Waals surface area (Å²) in [6.07, 6.45) is 3.89. The highest BCUT2D eigenvalue weighted by Gasteiger charge is 2.32. The minimum absolute atomic E-state index is 0.0559. The van der Waals surface area contributed by atoms with E-state index >= 15 is 0 Å². The van der Waals surface area contributed by atoms with Gasteiger partial charge in [-0.15, -0.1) is 0 Å². The van der Waals surface area contributed by atoms with Gasteiger partial charge >= 0.3 is 0 Å². The molecule has 3 N–H and O–H groups in total. The molecule has 0 amide bonds. The number of nitrogens with two attached hydrogens (primary N) is 1. The summed E-state index contributed by atoms with van der Waals surface area (Å²) in [7, 11) is -3.18. The van der Waals surface area contributed by atoms with E-state index in [4.69, 9.17) is 5.73 Å². The molecule has 0 saturated heterocycles. The fourth-order valence-corrected chi connectivity index (χ4v) is 4.04. The molecule has 0 spiro atoms. The van der Waals surface area contributed by atoms with Gasteiger partial charge in [0.25, 0.3) is 0 Å². The predicted molar refractivity (Wildman–Crippen MR) is 80.9 cm³/mol. The number of nitrogens with one attached hydrogen (secondary N) is 1. The Bertz CT molecular complexity index is 575. The van der Waals surface area contributed by atoms with Crippen LogP contribution in [0, 0.1) is 5.41 Å². The van der Waals surface area contributed by atoms with Crippen LogP contribution in [-0.4, -0.2) is 25.3 Å². The Morgan fingerprint density at radius 3 is 2.85 bits per heavy atom. The summed E-state index contributed by atoms with van der Waals surface area (Å²) in [5.41, 5.74) is 8.76. The van der Waals surface area contributed by atoms with Crippen molar-refractivity contribution in [3.63, 3.8) is 0 Å². The zero-order chi connectivity index (χ0) is 15.0. The lowest BCUT2D eigenvalue weighted by atomic mass is 9.74. The fourth-order valence-electron chi connectivity index (χ4n) is 3.01. The number of aromatic nitrogens is 1. The van der Waals surface area contributed by atoms with E-state index in [9.17, 15) is 8.42 Å². The normalized spacial score (nSPS) is 21.7. The van der Waals surface area contributed by atoms with Crippen LogP contribution in [0.1, 0.15) is 44.5 Å². The third-order valence-electron chi connectivity index (χ3n) is 3.90. The van der Waals surface area contributed by atoms with Gasteiger partial charge in [-0.2, -0.15) is 0 Å². The number of nitrogens with zero attached hydrogens (tertiary/aromatic N) is 1. The highest BCUT2D eigenvalue weighted by atomic mass is 32.2. The number of rotatable bonds is 5. The molecule has 6 heteroatoms. The van der Waals surface area contributed by atoms with Crippen LogP contribution in [0.4, 0.5) is 0 Å². The number of hydrogen-bond donors (Lipinski definition) is 2. The molecule has 1 aliphatic rings. The van der Waals surface area contributed by atoms with E-state index in [0.29, 0.717) is 13.1 Å². The first-order valence-electron chi connectivity index (χ1n) is 7.15. The van der Waals surface area contributed by atoms with Gasteiger partial charge in [0, 0.05) is 31.0 Å². The standard InChI is InChI=1S/C14H25N3O2S/c1-4-16-20(18,19)8-7-17-6-5-11-12(15)9-14(2,3)10-13(11)17/h5-6,12,16H,4,7-10,15H2,1-3H3. The van der Waals surface area contributed by atoms with Gasteiger partial charge in [0.15, 0.2) is 0 Å². The van der Waals surface area contributed by atoms with Crippen molar-refractivity contribution in [1.29, 1.82) is 0 Å². The summed E-state index contributed by atoms with van der Waals surface area (Å²) in [6, 6.07) is 2.09. The van der Waals surface area contributed by atoms with E-state index in [-0.39, 0.29) is 17.2 Å². The second-order valence-corrected chi connectivity index (χ2v) is 8.31. The molecular weight excluding hydrogens is 274 g/mol. The van der Waals surface area contributed by atoms with Gasteiger partial charge in [0.05, 0.1) is 5.75 Å². The Kier molecular flexibility index (Phi) is 4.27. The molecule has 5 nitrogen and oxygen atoms in total. The highest BCUT2D eigenvalue weighted by molar-refractivity contribution is 7.89. The summed E-state index contributed by atoms with van der Waals surface area (Å²) in [5.74, 6) is 0.109. The molecule has 1 heterocycles. The van der Waals surface area contributed by atoms with Crippen LogP contribution >= 0.6 is 0 Å². The van der Waals surface area contributed by atoms with Crippen LogP contribution in [0.5, 0.6) is 0 Å². The third-order valence-corrected chi connectivity index (χ3v) is 5.35. The van der Waals surface area contributed by atoms with E-state index in [1.54, 1.807) is 6.92 Å². The maximum absolute atomic E-state index is 11.7. The summed E-state index contributed by atoms with van der Waals surface area (Å²) in [6.45, 7) is 7.12. The Balaban J connectivity index is 2.16. The summed E-state index contributed by atoms with van der Waals surface area (Å²) >= 11 is 0. The van der Waals surface area contributed by atoms with Crippen molar-refractivity contribution in [2.24, 2.45) is 11.1 Å². The maximum Gasteiger partial charge on any atom is 0.213 e. The van der Waals surface area contributed by atoms with Crippen LogP contribution in [0.3, 0.4) is 0 Å². The van der Waals surface area contributed by atoms with Crippen LogP contribution in [-0.2, 0) is 23.0 Å². The second-order valence-electron chi connectivity index (χ2n) is 6.38. The Morgan fingerprint density at radius 1 is 1.50 bits per heavy atom. The minimum Gasteiger partial charge on any atom is -0.350 e. The molecule has 20 heavy (non-hydrogen) atoms. The monoisotopic (exact) mass is 299 g/mol. The molecule has 0 radical (unpaired) electrons. The van der Waals surface area contributed by atoms with Crippen molar-refractivity contribution in [2.75, 3.05) is 12.3 Å². The van der Waals surface area contributed by atoms with Crippen molar-refractivity contribution < 1.29 is 8.42 Å². The van der Waals surface area contributed by atoms with E-state index in [2.05, 4.69) is 18.6 Å². The topological polar surface area (TPSA) is 77.1 Å². The summed E-state index contributed by atoms with van der Waals surface area (Å²) < 4.78 is 28.0. The lowest BCUT2D eigenvalue weighted by molar-refractivity contribution is 0.275. The Morgan fingerprint density at radius 2 is 2.20 bits per heavy atom. The molecule has 1 aliphatic carbocycles. The van der Waals surface area contributed by atoms with Crippen LogP contribution in [0.25, 0.3) is 0 Å². The number of hydrogen-bond acceptors (Lipinski definition) is 3. The van der Waals surface area contributed by atoms with Gasteiger partial charge in [-0.25, -0.2) is 13.1 Å². The van der Waals surface area contributed by atoms with Crippen molar-refractivity contribution >= 4 is 10.0 Å². The number of fused-ring (bicyclic) bond motifs is 1.